The van der Waals surface area contributed by atoms with Crippen LogP contribution >= 0.6 is 0 Å². The number of rotatable bonds is 2. The molecule has 1 fully saturated rings. The highest BCUT2D eigenvalue weighted by atomic mass is 16.6. The fourth-order valence-electron chi connectivity index (χ4n) is 1.80. The van der Waals surface area contributed by atoms with Gasteiger partial charge in [-0.3, -0.25) is 0 Å². The molecule has 3 heteroatoms. The van der Waals surface area contributed by atoms with Crippen molar-refractivity contribution < 1.29 is 9.53 Å². The molecule has 0 radical (unpaired) electrons. The predicted octanol–water partition coefficient (Wildman–Crippen LogP) is 2.12. The molecule has 0 spiro atoms. The number of amides is 1. The van der Waals surface area contributed by atoms with Crippen LogP contribution in [-0.2, 0) is 11.2 Å². The van der Waals surface area contributed by atoms with E-state index in [0.29, 0.717) is 0 Å². The van der Waals surface area contributed by atoms with Crippen LogP contribution in [0.1, 0.15) is 19.4 Å². The maximum absolute atomic E-state index is 11.1. The van der Waals surface area contributed by atoms with Gasteiger partial charge in [0.05, 0.1) is 6.04 Å². The van der Waals surface area contributed by atoms with Gasteiger partial charge >= 0.3 is 6.09 Å². The Labute approximate surface area is 89.4 Å². The molecule has 15 heavy (non-hydrogen) atoms. The number of alkyl carbamates (subject to hydrolysis) is 1. The molecule has 1 aromatic carbocycles. The third-order valence-electron chi connectivity index (χ3n) is 2.77. The number of hydrogen-bond acceptors (Lipinski definition) is 2. The molecule has 0 saturated carbocycles. The summed E-state index contributed by atoms with van der Waals surface area (Å²) in [6.45, 7) is 3.86. The summed E-state index contributed by atoms with van der Waals surface area (Å²) < 4.78 is 5.18. The van der Waals surface area contributed by atoms with Crippen LogP contribution in [0.4, 0.5) is 4.79 Å². The molecule has 1 saturated heterocycles. The third-order valence-corrected chi connectivity index (χ3v) is 2.77. The summed E-state index contributed by atoms with van der Waals surface area (Å²) in [6.07, 6.45) is 0.487. The van der Waals surface area contributed by atoms with E-state index in [-0.39, 0.29) is 12.1 Å². The van der Waals surface area contributed by atoms with E-state index in [1.54, 1.807) is 0 Å². The van der Waals surface area contributed by atoms with E-state index in [2.05, 4.69) is 17.4 Å². The van der Waals surface area contributed by atoms with Gasteiger partial charge < -0.3 is 10.1 Å². The molecule has 1 atom stereocenters. The third kappa shape index (κ3) is 2.12. The summed E-state index contributed by atoms with van der Waals surface area (Å²) in [5, 5.41) is 2.83. The quantitative estimate of drug-likeness (QED) is 0.803. The van der Waals surface area contributed by atoms with Gasteiger partial charge in [-0.2, -0.15) is 0 Å². The maximum atomic E-state index is 11.1. The first-order valence-corrected chi connectivity index (χ1v) is 5.11. The number of ether oxygens (including phenoxy) is 1. The summed E-state index contributed by atoms with van der Waals surface area (Å²) in [7, 11) is 0. The van der Waals surface area contributed by atoms with Gasteiger partial charge in [-0.1, -0.05) is 30.3 Å². The molecule has 1 amide bonds. The topological polar surface area (TPSA) is 38.3 Å². The van der Waals surface area contributed by atoms with Crippen LogP contribution < -0.4 is 5.32 Å². The summed E-state index contributed by atoms with van der Waals surface area (Å²) in [6, 6.07) is 10.1. The zero-order valence-electron chi connectivity index (χ0n) is 8.99. The molecule has 0 unspecified atom stereocenters. The Bertz CT molecular complexity index is 359. The second kappa shape index (κ2) is 3.57. The normalized spacial score (nSPS) is 23.3. The molecule has 80 valence electrons. The molecule has 1 aliphatic rings. The van der Waals surface area contributed by atoms with Gasteiger partial charge in [0.1, 0.15) is 5.60 Å². The van der Waals surface area contributed by atoms with Gasteiger partial charge in [0, 0.05) is 0 Å². The second-order valence-corrected chi connectivity index (χ2v) is 4.38. The molecule has 0 aliphatic carbocycles. The van der Waals surface area contributed by atoms with Gasteiger partial charge in [0.15, 0.2) is 0 Å². The Morgan fingerprint density at radius 2 is 2.00 bits per heavy atom. The van der Waals surface area contributed by atoms with Crippen molar-refractivity contribution in [1.29, 1.82) is 0 Å². The fraction of sp³-hybridized carbons (Fsp3) is 0.417. The molecule has 3 nitrogen and oxygen atoms in total. The Hall–Kier alpha value is -1.51. The molecule has 1 aliphatic heterocycles. The average molecular weight is 205 g/mol. The molecular weight excluding hydrogens is 190 g/mol. The number of carbonyl (C=O) groups is 1. The van der Waals surface area contributed by atoms with E-state index in [0.717, 1.165) is 6.42 Å². The van der Waals surface area contributed by atoms with Crippen LogP contribution in [-0.4, -0.2) is 17.7 Å². The van der Waals surface area contributed by atoms with E-state index in [1.165, 1.54) is 5.56 Å². The Morgan fingerprint density at radius 3 is 2.53 bits per heavy atom. The summed E-state index contributed by atoms with van der Waals surface area (Å²) in [5.74, 6) is 0. The number of cyclic esters (lactones) is 1. The lowest BCUT2D eigenvalue weighted by Gasteiger charge is -2.23. The molecule has 0 aromatic heterocycles. The lowest BCUT2D eigenvalue weighted by atomic mass is 9.93. The molecule has 2 rings (SSSR count). The average Bonchev–Trinajstić information content (AvgIpc) is 2.41. The van der Waals surface area contributed by atoms with Crippen molar-refractivity contribution in [1.82, 2.24) is 5.32 Å². The van der Waals surface area contributed by atoms with Crippen LogP contribution in [0.15, 0.2) is 30.3 Å². The van der Waals surface area contributed by atoms with Gasteiger partial charge in [-0.05, 0) is 25.8 Å². The van der Waals surface area contributed by atoms with Crippen LogP contribution in [0.3, 0.4) is 0 Å². The van der Waals surface area contributed by atoms with Gasteiger partial charge in [0.2, 0.25) is 0 Å². The lowest BCUT2D eigenvalue weighted by molar-refractivity contribution is 0.0685. The van der Waals surface area contributed by atoms with E-state index in [1.807, 2.05) is 32.0 Å². The SMILES string of the molecule is CC1(C)OC(=O)N[C@H]1Cc1ccccc1. The maximum Gasteiger partial charge on any atom is 0.408 e. The lowest BCUT2D eigenvalue weighted by Crippen LogP contribution is -2.40. The summed E-state index contributed by atoms with van der Waals surface area (Å²) in [5.41, 5.74) is 0.786. The monoisotopic (exact) mass is 205 g/mol. The molecule has 1 N–H and O–H groups in total. The number of hydrogen-bond donors (Lipinski definition) is 1. The first kappa shape index (κ1) is 10.0. The highest BCUT2D eigenvalue weighted by Gasteiger charge is 2.40. The van der Waals surface area contributed by atoms with E-state index >= 15 is 0 Å². The van der Waals surface area contributed by atoms with E-state index in [4.69, 9.17) is 4.74 Å². The van der Waals surface area contributed by atoms with Crippen LogP contribution in [0.5, 0.6) is 0 Å². The van der Waals surface area contributed by atoms with Gasteiger partial charge in [0.25, 0.3) is 0 Å². The van der Waals surface area contributed by atoms with Crippen molar-refractivity contribution in [3.8, 4) is 0 Å². The smallest absolute Gasteiger partial charge is 0.408 e. The standard InChI is InChI=1S/C12H15NO2/c1-12(2)10(13-11(14)15-12)8-9-6-4-3-5-7-9/h3-7,10H,8H2,1-2H3,(H,13,14)/t10-/m0/s1. The minimum Gasteiger partial charge on any atom is -0.441 e. The van der Waals surface area contributed by atoms with Crippen molar-refractivity contribution >= 4 is 6.09 Å². The predicted molar refractivity (Wildman–Crippen MR) is 57.6 cm³/mol. The number of nitrogens with one attached hydrogen (secondary N) is 1. The van der Waals surface area contributed by atoms with Crippen molar-refractivity contribution in [3.63, 3.8) is 0 Å². The molecule has 1 heterocycles. The van der Waals surface area contributed by atoms with Crippen LogP contribution in [0.25, 0.3) is 0 Å². The van der Waals surface area contributed by atoms with Gasteiger partial charge in [-0.15, -0.1) is 0 Å². The highest BCUT2D eigenvalue weighted by Crippen LogP contribution is 2.24. The first-order valence-electron chi connectivity index (χ1n) is 5.11. The first-order chi connectivity index (χ1) is 7.08. The molecule has 1 aromatic rings. The Balaban J connectivity index is 2.10. The largest absolute Gasteiger partial charge is 0.441 e. The van der Waals surface area contributed by atoms with Crippen LogP contribution in [0, 0.1) is 0 Å². The minimum absolute atomic E-state index is 0.0485. The molecular formula is C12H15NO2. The summed E-state index contributed by atoms with van der Waals surface area (Å²) in [4.78, 5) is 11.1. The molecule has 0 bridgehead atoms. The Morgan fingerprint density at radius 1 is 1.33 bits per heavy atom. The summed E-state index contributed by atoms with van der Waals surface area (Å²) >= 11 is 0. The van der Waals surface area contributed by atoms with E-state index < -0.39 is 5.60 Å². The Kier molecular flexibility index (Phi) is 2.39. The van der Waals surface area contributed by atoms with Crippen molar-refractivity contribution in [2.24, 2.45) is 0 Å². The second-order valence-electron chi connectivity index (χ2n) is 4.38. The van der Waals surface area contributed by atoms with Crippen LogP contribution in [0.2, 0.25) is 0 Å². The van der Waals surface area contributed by atoms with Gasteiger partial charge in [-0.25, -0.2) is 4.79 Å². The number of benzene rings is 1. The zero-order chi connectivity index (χ0) is 10.9. The van der Waals surface area contributed by atoms with Crippen molar-refractivity contribution in [2.75, 3.05) is 0 Å². The minimum atomic E-state index is -0.424. The zero-order valence-corrected chi connectivity index (χ0v) is 8.99. The van der Waals surface area contributed by atoms with Crippen molar-refractivity contribution in [3.05, 3.63) is 35.9 Å². The fourth-order valence-corrected chi connectivity index (χ4v) is 1.80. The highest BCUT2D eigenvalue weighted by molar-refractivity contribution is 5.71. The van der Waals surface area contributed by atoms with E-state index in [9.17, 15) is 4.79 Å². The van der Waals surface area contributed by atoms with Crippen molar-refractivity contribution in [2.45, 2.75) is 31.9 Å². The number of carbonyl (C=O) groups excluding carboxylic acids is 1.